The van der Waals surface area contributed by atoms with E-state index < -0.39 is 11.7 Å². The molecule has 1 aromatic carbocycles. The van der Waals surface area contributed by atoms with Crippen LogP contribution in [0.3, 0.4) is 0 Å². The first-order valence-corrected chi connectivity index (χ1v) is 11.6. The van der Waals surface area contributed by atoms with Crippen LogP contribution in [0.15, 0.2) is 36.5 Å². The number of hydrogen-bond donors (Lipinski definition) is 1. The monoisotopic (exact) mass is 479 g/mol. The molecule has 0 bridgehead atoms. The molecular weight excluding hydrogens is 449 g/mol. The van der Waals surface area contributed by atoms with Crippen LogP contribution in [-0.2, 0) is 18.4 Å². The zero-order valence-corrected chi connectivity index (χ0v) is 20.6. The zero-order valence-electron chi connectivity index (χ0n) is 20.6. The number of likely N-dealkylation sites (N-methyl/N-ethyl adjacent to an activating group) is 1. The molecule has 1 aliphatic rings. The number of aromatic nitrogens is 2. The van der Waals surface area contributed by atoms with Gasteiger partial charge in [0.2, 0.25) is 0 Å². The van der Waals surface area contributed by atoms with Crippen molar-refractivity contribution in [3.8, 4) is 0 Å². The molecule has 1 saturated heterocycles. The number of nitrogens with zero attached hydrogens (tertiary/aromatic N) is 4. The van der Waals surface area contributed by atoms with Gasteiger partial charge in [-0.25, -0.2) is 9.37 Å². The van der Waals surface area contributed by atoms with Crippen LogP contribution in [0.5, 0.6) is 0 Å². The lowest BCUT2D eigenvalue weighted by molar-refractivity contribution is -0.116. The summed E-state index contributed by atoms with van der Waals surface area (Å²) in [5, 5.41) is 2.83. The van der Waals surface area contributed by atoms with E-state index in [2.05, 4.69) is 22.1 Å². The number of amides is 2. The summed E-state index contributed by atoms with van der Waals surface area (Å²) in [4.78, 5) is 46.9. The normalized spacial score (nSPS) is 18.6. The molecule has 0 saturated carbocycles. The van der Waals surface area contributed by atoms with Crippen LogP contribution in [0.2, 0.25) is 0 Å². The second-order valence-corrected chi connectivity index (χ2v) is 9.27. The third kappa shape index (κ3) is 4.68. The Morgan fingerprint density at radius 1 is 1.09 bits per heavy atom. The van der Waals surface area contributed by atoms with Crippen molar-refractivity contribution in [3.05, 3.63) is 64.7 Å². The maximum atomic E-state index is 13.7. The summed E-state index contributed by atoms with van der Waals surface area (Å²) in [6.45, 7) is 7.73. The highest BCUT2D eigenvalue weighted by Gasteiger charge is 2.33. The Bertz CT molecular complexity index is 1300. The number of halogens is 1. The number of aryl methyl sites for hydroxylation is 2. The zero-order chi connectivity index (χ0) is 25.4. The molecule has 1 N–H and O–H groups in total. The Balaban J connectivity index is 1.60. The highest BCUT2D eigenvalue weighted by atomic mass is 19.1. The van der Waals surface area contributed by atoms with Gasteiger partial charge in [-0.1, -0.05) is 12.1 Å². The van der Waals surface area contributed by atoms with Gasteiger partial charge >= 0.3 is 0 Å². The van der Waals surface area contributed by atoms with Gasteiger partial charge in [0.05, 0.1) is 16.8 Å². The molecular formula is C26H30FN5O3. The number of ketones is 1. The van der Waals surface area contributed by atoms with Crippen molar-refractivity contribution in [2.24, 2.45) is 7.05 Å². The van der Waals surface area contributed by atoms with E-state index >= 15 is 0 Å². The number of rotatable bonds is 5. The molecule has 0 spiro atoms. The second kappa shape index (κ2) is 9.58. The maximum Gasteiger partial charge on any atom is 0.292 e. The van der Waals surface area contributed by atoms with Gasteiger partial charge < -0.3 is 14.8 Å². The Labute approximate surface area is 203 Å². The molecule has 184 valence electrons. The van der Waals surface area contributed by atoms with E-state index in [0.29, 0.717) is 41.9 Å². The summed E-state index contributed by atoms with van der Waals surface area (Å²) in [6, 6.07) is 8.21. The Morgan fingerprint density at radius 2 is 1.77 bits per heavy atom. The fourth-order valence-corrected chi connectivity index (χ4v) is 4.70. The Kier molecular flexibility index (Phi) is 6.71. The Hall–Kier alpha value is -3.59. The molecule has 0 unspecified atom stereocenters. The standard InChI is InChI=1S/C26H30FN5O3/c1-15-12-32(16(2)11-31(15)13-18-6-8-19(27)9-7-18)26(35)20-10-21-22(23(33)25(34)28-4)14-30(5)24(21)29-17(20)3/h6-10,14-16H,11-13H2,1-5H3,(H,28,34)/t15-,16+/m0/s1. The Morgan fingerprint density at radius 3 is 2.43 bits per heavy atom. The minimum absolute atomic E-state index is 0.0583. The number of benzene rings is 1. The van der Waals surface area contributed by atoms with Gasteiger partial charge in [-0.05, 0) is 44.5 Å². The van der Waals surface area contributed by atoms with Gasteiger partial charge in [-0.3, -0.25) is 19.3 Å². The molecule has 1 fully saturated rings. The van der Waals surface area contributed by atoms with E-state index in [4.69, 9.17) is 0 Å². The minimum atomic E-state index is -0.717. The van der Waals surface area contributed by atoms with E-state index in [1.165, 1.54) is 19.2 Å². The summed E-state index contributed by atoms with van der Waals surface area (Å²) in [5.74, 6) is -1.80. The van der Waals surface area contributed by atoms with Crippen molar-refractivity contribution in [1.82, 2.24) is 24.7 Å². The first kappa shape index (κ1) is 24.5. The van der Waals surface area contributed by atoms with Crippen molar-refractivity contribution in [3.63, 3.8) is 0 Å². The predicted molar refractivity (Wildman–Crippen MR) is 131 cm³/mol. The summed E-state index contributed by atoms with van der Waals surface area (Å²) < 4.78 is 14.9. The van der Waals surface area contributed by atoms with Gasteiger partial charge in [0, 0.05) is 57.4 Å². The van der Waals surface area contributed by atoms with Gasteiger partial charge in [-0.2, -0.15) is 0 Å². The highest BCUT2D eigenvalue weighted by molar-refractivity contribution is 6.44. The number of piperazine rings is 1. The molecule has 2 amide bonds. The molecule has 4 rings (SSSR count). The fraction of sp³-hybridized carbons (Fsp3) is 0.385. The van der Waals surface area contributed by atoms with E-state index in [-0.39, 0.29) is 29.4 Å². The van der Waals surface area contributed by atoms with Gasteiger partial charge in [0.1, 0.15) is 11.5 Å². The lowest BCUT2D eigenvalue weighted by atomic mass is 10.0. The smallest absolute Gasteiger partial charge is 0.292 e. The third-order valence-corrected chi connectivity index (χ3v) is 6.72. The molecule has 8 nitrogen and oxygen atoms in total. The number of carbonyl (C=O) groups excluding carboxylic acids is 3. The van der Waals surface area contributed by atoms with Gasteiger partial charge in [-0.15, -0.1) is 0 Å². The summed E-state index contributed by atoms with van der Waals surface area (Å²) in [5.41, 5.74) is 2.76. The number of Topliss-reactive ketones (excluding diaryl/α,β-unsaturated/α-hetero) is 1. The number of carbonyl (C=O) groups is 3. The fourth-order valence-electron chi connectivity index (χ4n) is 4.70. The van der Waals surface area contributed by atoms with Crippen LogP contribution in [0.25, 0.3) is 11.0 Å². The first-order valence-electron chi connectivity index (χ1n) is 11.6. The van der Waals surface area contributed by atoms with Crippen LogP contribution >= 0.6 is 0 Å². The summed E-state index contributed by atoms with van der Waals surface area (Å²) >= 11 is 0. The minimum Gasteiger partial charge on any atom is -0.352 e. The SMILES string of the molecule is CNC(=O)C(=O)c1cn(C)c2nc(C)c(C(=O)N3C[C@H](C)N(Cc4ccc(F)cc4)C[C@H]3C)cc12. The molecule has 3 aromatic rings. The van der Waals surface area contributed by atoms with Crippen molar-refractivity contribution >= 4 is 28.6 Å². The number of fused-ring (bicyclic) bond motifs is 1. The van der Waals surface area contributed by atoms with Gasteiger partial charge in [0.15, 0.2) is 0 Å². The number of pyridine rings is 1. The second-order valence-electron chi connectivity index (χ2n) is 9.27. The summed E-state index contributed by atoms with van der Waals surface area (Å²) in [6.07, 6.45) is 1.57. The van der Waals surface area contributed by atoms with E-state index in [1.807, 2.05) is 11.8 Å². The van der Waals surface area contributed by atoms with Crippen LogP contribution in [0, 0.1) is 12.7 Å². The van der Waals surface area contributed by atoms with Crippen molar-refractivity contribution in [1.29, 1.82) is 0 Å². The van der Waals surface area contributed by atoms with E-state index in [0.717, 1.165) is 5.56 Å². The van der Waals surface area contributed by atoms with E-state index in [9.17, 15) is 18.8 Å². The van der Waals surface area contributed by atoms with Gasteiger partial charge in [0.25, 0.3) is 17.6 Å². The van der Waals surface area contributed by atoms with Crippen molar-refractivity contribution in [2.45, 2.75) is 39.4 Å². The van der Waals surface area contributed by atoms with Crippen LogP contribution in [0.4, 0.5) is 4.39 Å². The molecule has 3 heterocycles. The van der Waals surface area contributed by atoms with Crippen LogP contribution in [0.1, 0.15) is 45.8 Å². The topological polar surface area (TPSA) is 87.5 Å². The number of nitrogens with one attached hydrogen (secondary N) is 1. The lowest BCUT2D eigenvalue weighted by Gasteiger charge is -2.44. The largest absolute Gasteiger partial charge is 0.352 e. The summed E-state index contributed by atoms with van der Waals surface area (Å²) in [7, 11) is 3.15. The average Bonchev–Trinajstić information content (AvgIpc) is 3.15. The molecule has 2 atom stereocenters. The predicted octanol–water partition coefficient (Wildman–Crippen LogP) is 2.68. The van der Waals surface area contributed by atoms with Crippen LogP contribution < -0.4 is 5.32 Å². The molecule has 35 heavy (non-hydrogen) atoms. The highest BCUT2D eigenvalue weighted by Crippen LogP contribution is 2.26. The molecule has 1 aliphatic heterocycles. The van der Waals surface area contributed by atoms with Crippen molar-refractivity contribution < 1.29 is 18.8 Å². The maximum absolute atomic E-state index is 13.7. The lowest BCUT2D eigenvalue weighted by Crippen LogP contribution is -2.57. The molecule has 0 aliphatic carbocycles. The quantitative estimate of drug-likeness (QED) is 0.449. The molecule has 0 radical (unpaired) electrons. The molecule has 9 heteroatoms. The average molecular weight is 480 g/mol. The van der Waals surface area contributed by atoms with Crippen molar-refractivity contribution in [2.75, 3.05) is 20.1 Å². The third-order valence-electron chi connectivity index (χ3n) is 6.72. The molecule has 2 aromatic heterocycles. The van der Waals surface area contributed by atoms with E-state index in [1.54, 1.807) is 42.9 Å². The first-order chi connectivity index (χ1) is 16.6. The van der Waals surface area contributed by atoms with Crippen LogP contribution in [-0.4, -0.2) is 69.2 Å². The number of hydrogen-bond acceptors (Lipinski definition) is 5.